The number of hydrogen-bond acceptors (Lipinski definition) is 7. The van der Waals surface area contributed by atoms with Crippen molar-refractivity contribution in [2.45, 2.75) is 20.4 Å². The minimum Gasteiger partial charge on any atom is -0.383 e. The van der Waals surface area contributed by atoms with E-state index in [9.17, 15) is 0 Å². The first-order valence-electron chi connectivity index (χ1n) is 5.12. The van der Waals surface area contributed by atoms with E-state index in [0.717, 1.165) is 17.0 Å². The monoisotopic (exact) mass is 234 g/mol. The van der Waals surface area contributed by atoms with Crippen molar-refractivity contribution >= 4 is 17.6 Å². The summed E-state index contributed by atoms with van der Waals surface area (Å²) in [4.78, 5) is 7.81. The number of aromatic nitrogens is 3. The van der Waals surface area contributed by atoms with Crippen LogP contribution in [0.3, 0.4) is 0 Å². The second kappa shape index (κ2) is 4.28. The van der Waals surface area contributed by atoms with Crippen molar-refractivity contribution in [2.24, 2.45) is 0 Å². The third-order valence-electron chi connectivity index (χ3n) is 2.39. The molecule has 0 aliphatic carbocycles. The molecule has 0 bridgehead atoms. The second-order valence-corrected chi connectivity index (χ2v) is 3.69. The number of nitrogens with zero attached hydrogens (tertiary/aromatic N) is 3. The van der Waals surface area contributed by atoms with Gasteiger partial charge in [-0.05, 0) is 13.8 Å². The van der Waals surface area contributed by atoms with Crippen LogP contribution in [0.1, 0.15) is 17.0 Å². The Labute approximate surface area is 98.2 Å². The maximum Gasteiger partial charge on any atom is 0.223 e. The van der Waals surface area contributed by atoms with Gasteiger partial charge in [0.15, 0.2) is 0 Å². The van der Waals surface area contributed by atoms with Crippen molar-refractivity contribution in [3.63, 3.8) is 0 Å². The summed E-state index contributed by atoms with van der Waals surface area (Å²) in [5.74, 6) is 1.84. The first-order valence-corrected chi connectivity index (χ1v) is 5.12. The summed E-state index contributed by atoms with van der Waals surface area (Å²) in [6, 6.07) is 1.62. The minimum absolute atomic E-state index is 0.145. The van der Waals surface area contributed by atoms with Crippen LogP contribution in [0.5, 0.6) is 0 Å². The lowest BCUT2D eigenvalue weighted by molar-refractivity contribution is 0.392. The van der Waals surface area contributed by atoms with E-state index >= 15 is 0 Å². The molecule has 17 heavy (non-hydrogen) atoms. The third-order valence-corrected chi connectivity index (χ3v) is 2.39. The van der Waals surface area contributed by atoms with Crippen LogP contribution in [0.15, 0.2) is 10.6 Å². The highest BCUT2D eigenvalue weighted by atomic mass is 16.5. The van der Waals surface area contributed by atoms with Crippen LogP contribution in [0.4, 0.5) is 17.6 Å². The Hall–Kier alpha value is -2.31. The molecule has 0 saturated heterocycles. The van der Waals surface area contributed by atoms with Crippen LogP contribution in [0.25, 0.3) is 0 Å². The fourth-order valence-corrected chi connectivity index (χ4v) is 1.51. The zero-order valence-electron chi connectivity index (χ0n) is 9.69. The van der Waals surface area contributed by atoms with Crippen molar-refractivity contribution in [1.29, 1.82) is 0 Å². The van der Waals surface area contributed by atoms with Gasteiger partial charge in [0.25, 0.3) is 0 Å². The molecule has 0 unspecified atom stereocenters. The number of anilines is 3. The molecule has 0 atom stereocenters. The van der Waals surface area contributed by atoms with E-state index < -0.39 is 0 Å². The third kappa shape index (κ3) is 2.44. The summed E-state index contributed by atoms with van der Waals surface area (Å²) in [5.41, 5.74) is 12.9. The van der Waals surface area contributed by atoms with Crippen LogP contribution < -0.4 is 16.8 Å². The summed E-state index contributed by atoms with van der Waals surface area (Å²) in [5, 5.41) is 6.97. The standard InChI is InChI=1S/C10H14N6O/c1-5-7(6(2)17-16-5)4-13-9-3-8(11)14-10(12)15-9/h3H,4H2,1-2H3,(H5,11,12,13,14,15). The Morgan fingerprint density at radius 3 is 2.65 bits per heavy atom. The predicted molar refractivity (Wildman–Crippen MR) is 64.2 cm³/mol. The van der Waals surface area contributed by atoms with E-state index in [4.69, 9.17) is 16.0 Å². The molecule has 0 amide bonds. The van der Waals surface area contributed by atoms with Gasteiger partial charge in [-0.1, -0.05) is 5.16 Å². The second-order valence-electron chi connectivity index (χ2n) is 3.69. The number of rotatable bonds is 3. The lowest BCUT2D eigenvalue weighted by Gasteiger charge is -2.06. The molecule has 7 heteroatoms. The smallest absolute Gasteiger partial charge is 0.223 e. The van der Waals surface area contributed by atoms with Crippen LogP contribution in [-0.2, 0) is 6.54 Å². The van der Waals surface area contributed by atoms with Gasteiger partial charge in [-0.2, -0.15) is 9.97 Å². The fourth-order valence-electron chi connectivity index (χ4n) is 1.51. The topological polar surface area (TPSA) is 116 Å². The van der Waals surface area contributed by atoms with Gasteiger partial charge in [0.1, 0.15) is 17.4 Å². The van der Waals surface area contributed by atoms with Crippen LogP contribution in [0.2, 0.25) is 0 Å². The Kier molecular flexibility index (Phi) is 2.82. The first-order chi connectivity index (χ1) is 8.06. The molecule has 5 N–H and O–H groups in total. The zero-order chi connectivity index (χ0) is 12.4. The average molecular weight is 234 g/mol. The van der Waals surface area contributed by atoms with Crippen molar-refractivity contribution < 1.29 is 4.52 Å². The highest BCUT2D eigenvalue weighted by molar-refractivity contribution is 5.48. The largest absolute Gasteiger partial charge is 0.383 e. The Morgan fingerprint density at radius 2 is 2.06 bits per heavy atom. The minimum atomic E-state index is 0.145. The Balaban J connectivity index is 2.12. The summed E-state index contributed by atoms with van der Waals surface area (Å²) in [6.45, 7) is 4.30. The maximum absolute atomic E-state index is 5.57. The molecule has 0 spiro atoms. The first kappa shape index (κ1) is 11.2. The van der Waals surface area contributed by atoms with E-state index in [2.05, 4.69) is 20.4 Å². The molecule has 0 saturated carbocycles. The molecule has 0 aliphatic heterocycles. The average Bonchev–Trinajstić information content (AvgIpc) is 2.55. The van der Waals surface area contributed by atoms with Crippen LogP contribution >= 0.6 is 0 Å². The van der Waals surface area contributed by atoms with Gasteiger partial charge >= 0.3 is 0 Å². The predicted octanol–water partition coefficient (Wildman–Crippen LogP) is 0.858. The van der Waals surface area contributed by atoms with Gasteiger partial charge in [0.2, 0.25) is 5.95 Å². The Morgan fingerprint density at radius 1 is 1.29 bits per heavy atom. The van der Waals surface area contributed by atoms with Crippen LogP contribution in [0, 0.1) is 13.8 Å². The lowest BCUT2D eigenvalue weighted by Crippen LogP contribution is -2.07. The van der Waals surface area contributed by atoms with E-state index in [1.165, 1.54) is 0 Å². The van der Waals surface area contributed by atoms with Gasteiger partial charge in [0.05, 0.1) is 5.69 Å². The summed E-state index contributed by atoms with van der Waals surface area (Å²) < 4.78 is 5.06. The summed E-state index contributed by atoms with van der Waals surface area (Å²) >= 11 is 0. The van der Waals surface area contributed by atoms with Crippen LogP contribution in [-0.4, -0.2) is 15.1 Å². The Bertz CT molecular complexity index is 496. The van der Waals surface area contributed by atoms with E-state index in [1.54, 1.807) is 6.07 Å². The molecule has 2 aromatic rings. The molecule has 90 valence electrons. The van der Waals surface area contributed by atoms with Gasteiger partial charge < -0.3 is 21.3 Å². The van der Waals surface area contributed by atoms with Gasteiger partial charge in [-0.25, -0.2) is 0 Å². The van der Waals surface area contributed by atoms with E-state index in [1.807, 2.05) is 13.8 Å². The molecule has 2 aromatic heterocycles. The molecule has 0 aromatic carbocycles. The lowest BCUT2D eigenvalue weighted by atomic mass is 10.2. The van der Waals surface area contributed by atoms with Crippen molar-refractivity contribution in [1.82, 2.24) is 15.1 Å². The quantitative estimate of drug-likeness (QED) is 0.721. The molecular formula is C10H14N6O. The van der Waals surface area contributed by atoms with Crippen molar-refractivity contribution in [2.75, 3.05) is 16.8 Å². The SMILES string of the molecule is Cc1noc(C)c1CNc1cc(N)nc(N)n1. The van der Waals surface area contributed by atoms with Gasteiger partial charge in [-0.15, -0.1) is 0 Å². The molecule has 2 heterocycles. The molecular weight excluding hydrogens is 220 g/mol. The summed E-state index contributed by atoms with van der Waals surface area (Å²) in [6.07, 6.45) is 0. The molecule has 0 radical (unpaired) electrons. The molecule has 2 rings (SSSR count). The highest BCUT2D eigenvalue weighted by Crippen LogP contribution is 2.15. The highest BCUT2D eigenvalue weighted by Gasteiger charge is 2.09. The van der Waals surface area contributed by atoms with Crippen molar-refractivity contribution in [3.05, 3.63) is 23.1 Å². The number of nitrogens with two attached hydrogens (primary N) is 2. The number of hydrogen-bond donors (Lipinski definition) is 3. The number of aryl methyl sites for hydroxylation is 2. The van der Waals surface area contributed by atoms with E-state index in [0.29, 0.717) is 18.2 Å². The van der Waals surface area contributed by atoms with Gasteiger partial charge in [-0.3, -0.25) is 0 Å². The van der Waals surface area contributed by atoms with Gasteiger partial charge in [0, 0.05) is 18.2 Å². The molecule has 0 aliphatic rings. The summed E-state index contributed by atoms with van der Waals surface area (Å²) in [7, 11) is 0. The normalized spacial score (nSPS) is 10.5. The fraction of sp³-hybridized carbons (Fsp3) is 0.300. The maximum atomic E-state index is 5.57. The number of nitrogens with one attached hydrogen (secondary N) is 1. The molecule has 0 fully saturated rings. The molecule has 7 nitrogen and oxygen atoms in total. The number of nitrogen functional groups attached to an aromatic ring is 2. The van der Waals surface area contributed by atoms with Crippen molar-refractivity contribution in [3.8, 4) is 0 Å². The zero-order valence-corrected chi connectivity index (χ0v) is 9.69. The van der Waals surface area contributed by atoms with E-state index in [-0.39, 0.29) is 5.95 Å².